The number of carbonyl (C=O) groups is 2. The topological polar surface area (TPSA) is 77.2 Å². The first-order chi connectivity index (χ1) is 17.4. The standard InChI is InChI=1S/C27H44ClN5O3/c1-21(19-29-2)33(23-11-5-4-6-12-23)27(35)31-16-8-14-25(20-31)32(17-9-15-30-26(34)36-3)24-13-7-10-22(28)18-24/h7,10,13,18,21,23,25,29H,4-6,8-9,11-12,14-17,19-20H2,1-3H3,(H,30,34)/t21-,25?/m0/s1. The van der Waals surface area contributed by atoms with Crippen molar-refractivity contribution in [2.75, 3.05) is 51.8 Å². The maximum atomic E-state index is 14.0. The maximum Gasteiger partial charge on any atom is 0.406 e. The molecule has 3 rings (SSSR count). The number of benzene rings is 1. The third kappa shape index (κ3) is 7.90. The van der Waals surface area contributed by atoms with Gasteiger partial charge >= 0.3 is 12.1 Å². The van der Waals surface area contributed by atoms with Crippen molar-refractivity contribution in [3.8, 4) is 0 Å². The summed E-state index contributed by atoms with van der Waals surface area (Å²) in [6.07, 6.45) is 8.18. The number of methoxy groups -OCH3 is 1. The van der Waals surface area contributed by atoms with E-state index in [1.165, 1.54) is 26.4 Å². The summed E-state index contributed by atoms with van der Waals surface area (Å²) in [5.41, 5.74) is 1.05. The Labute approximate surface area is 221 Å². The summed E-state index contributed by atoms with van der Waals surface area (Å²) in [6.45, 7) is 5.71. The number of rotatable bonds is 10. The minimum absolute atomic E-state index is 0.152. The van der Waals surface area contributed by atoms with Gasteiger partial charge in [0.05, 0.1) is 7.11 Å². The van der Waals surface area contributed by atoms with E-state index in [1.807, 2.05) is 25.2 Å². The van der Waals surface area contributed by atoms with Gasteiger partial charge in [-0.1, -0.05) is 36.9 Å². The molecule has 1 saturated carbocycles. The molecule has 2 atom stereocenters. The molecule has 2 fully saturated rings. The Kier molecular flexibility index (Phi) is 11.5. The quantitative estimate of drug-likeness (QED) is 0.436. The highest BCUT2D eigenvalue weighted by Gasteiger charge is 2.35. The molecular formula is C27H44ClN5O3. The maximum absolute atomic E-state index is 14.0. The molecule has 1 aliphatic carbocycles. The predicted octanol–water partition coefficient (Wildman–Crippen LogP) is 4.72. The number of hydrogen-bond donors (Lipinski definition) is 2. The summed E-state index contributed by atoms with van der Waals surface area (Å²) in [6, 6.07) is 8.74. The summed E-state index contributed by atoms with van der Waals surface area (Å²) < 4.78 is 4.69. The van der Waals surface area contributed by atoms with Crippen LogP contribution in [0.3, 0.4) is 0 Å². The molecule has 3 amide bonds. The Morgan fingerprint density at radius 2 is 1.92 bits per heavy atom. The van der Waals surface area contributed by atoms with Crippen LogP contribution in [-0.2, 0) is 4.74 Å². The Bertz CT molecular complexity index is 835. The van der Waals surface area contributed by atoms with Crippen molar-refractivity contribution in [2.24, 2.45) is 0 Å². The second kappa shape index (κ2) is 14.5. The zero-order chi connectivity index (χ0) is 25.9. The first-order valence-electron chi connectivity index (χ1n) is 13.5. The number of urea groups is 1. The number of nitrogens with zero attached hydrogens (tertiary/aromatic N) is 3. The SMILES string of the molecule is CNC[C@H](C)N(C(=O)N1CCCC(N(CCCNC(=O)OC)c2cccc(Cl)c2)C1)C1CCCCC1. The number of anilines is 1. The summed E-state index contributed by atoms with van der Waals surface area (Å²) in [4.78, 5) is 32.0. The minimum Gasteiger partial charge on any atom is -0.453 e. The van der Waals surface area contributed by atoms with Crippen LogP contribution in [0.5, 0.6) is 0 Å². The largest absolute Gasteiger partial charge is 0.453 e. The number of halogens is 1. The van der Waals surface area contributed by atoms with E-state index < -0.39 is 6.09 Å². The molecule has 1 aromatic rings. The number of amides is 3. The van der Waals surface area contributed by atoms with Crippen LogP contribution in [0, 0.1) is 0 Å². The molecule has 9 heteroatoms. The average Bonchev–Trinajstić information content (AvgIpc) is 2.89. The van der Waals surface area contributed by atoms with Crippen LogP contribution >= 0.6 is 11.6 Å². The Morgan fingerprint density at radius 3 is 2.61 bits per heavy atom. The van der Waals surface area contributed by atoms with Gasteiger partial charge in [0.25, 0.3) is 0 Å². The molecule has 1 aromatic carbocycles. The van der Waals surface area contributed by atoms with Crippen LogP contribution in [0.1, 0.15) is 58.3 Å². The van der Waals surface area contributed by atoms with Gasteiger partial charge in [0.2, 0.25) is 0 Å². The van der Waals surface area contributed by atoms with Crippen molar-refractivity contribution in [3.05, 3.63) is 29.3 Å². The van der Waals surface area contributed by atoms with Crippen molar-refractivity contribution in [2.45, 2.75) is 76.4 Å². The summed E-state index contributed by atoms with van der Waals surface area (Å²) in [5.74, 6) is 0. The summed E-state index contributed by atoms with van der Waals surface area (Å²) in [7, 11) is 3.32. The lowest BCUT2D eigenvalue weighted by Crippen LogP contribution is -2.58. The number of ether oxygens (including phenoxy) is 1. The Morgan fingerprint density at radius 1 is 1.17 bits per heavy atom. The lowest BCUT2D eigenvalue weighted by molar-refractivity contribution is 0.0884. The van der Waals surface area contributed by atoms with Gasteiger partial charge in [0.15, 0.2) is 0 Å². The van der Waals surface area contributed by atoms with E-state index in [1.54, 1.807) is 0 Å². The normalized spacial score (nSPS) is 19.4. The predicted molar refractivity (Wildman–Crippen MR) is 146 cm³/mol. The van der Waals surface area contributed by atoms with Gasteiger partial charge < -0.3 is 30.1 Å². The van der Waals surface area contributed by atoms with E-state index in [9.17, 15) is 9.59 Å². The molecule has 36 heavy (non-hydrogen) atoms. The van der Waals surface area contributed by atoms with Crippen molar-refractivity contribution < 1.29 is 14.3 Å². The number of likely N-dealkylation sites (tertiary alicyclic amines) is 1. The van der Waals surface area contributed by atoms with Gasteiger partial charge in [0.1, 0.15) is 0 Å². The van der Waals surface area contributed by atoms with E-state index in [0.29, 0.717) is 24.2 Å². The number of likely N-dealkylation sites (N-methyl/N-ethyl adjacent to an activating group) is 1. The molecule has 1 saturated heterocycles. The van der Waals surface area contributed by atoms with Gasteiger partial charge in [-0.2, -0.15) is 0 Å². The van der Waals surface area contributed by atoms with Crippen LogP contribution in [0.25, 0.3) is 0 Å². The van der Waals surface area contributed by atoms with Crippen molar-refractivity contribution >= 4 is 29.4 Å². The van der Waals surface area contributed by atoms with Crippen LogP contribution in [-0.4, -0.2) is 86.9 Å². The molecule has 2 aliphatic rings. The Balaban J connectivity index is 1.74. The summed E-state index contributed by atoms with van der Waals surface area (Å²) in [5, 5.41) is 6.73. The third-order valence-corrected chi connectivity index (χ3v) is 7.68. The molecule has 2 N–H and O–H groups in total. The Hall–Kier alpha value is -2.19. The number of alkyl carbamates (subject to hydrolysis) is 1. The van der Waals surface area contributed by atoms with Crippen molar-refractivity contribution in [1.29, 1.82) is 0 Å². The average molecular weight is 522 g/mol. The van der Waals surface area contributed by atoms with Gasteiger partial charge in [-0.3, -0.25) is 0 Å². The highest BCUT2D eigenvalue weighted by Crippen LogP contribution is 2.29. The third-order valence-electron chi connectivity index (χ3n) is 7.44. The molecule has 1 heterocycles. The second-order valence-electron chi connectivity index (χ2n) is 10.1. The van der Waals surface area contributed by atoms with Crippen LogP contribution in [0.4, 0.5) is 15.3 Å². The zero-order valence-corrected chi connectivity index (χ0v) is 22.9. The molecule has 202 valence electrons. The van der Waals surface area contributed by atoms with Gasteiger partial charge in [0, 0.05) is 61.6 Å². The molecular weight excluding hydrogens is 478 g/mol. The molecule has 1 aliphatic heterocycles. The molecule has 0 bridgehead atoms. The van der Waals surface area contributed by atoms with E-state index in [2.05, 4.69) is 43.1 Å². The second-order valence-corrected chi connectivity index (χ2v) is 10.5. The highest BCUT2D eigenvalue weighted by atomic mass is 35.5. The van der Waals surface area contributed by atoms with Crippen molar-refractivity contribution in [1.82, 2.24) is 20.4 Å². The lowest BCUT2D eigenvalue weighted by atomic mass is 9.93. The molecule has 0 spiro atoms. The minimum atomic E-state index is -0.419. The van der Waals surface area contributed by atoms with E-state index >= 15 is 0 Å². The number of nitrogens with one attached hydrogen (secondary N) is 2. The lowest BCUT2D eigenvalue weighted by Gasteiger charge is -2.45. The van der Waals surface area contributed by atoms with Crippen LogP contribution in [0.15, 0.2) is 24.3 Å². The summed E-state index contributed by atoms with van der Waals surface area (Å²) >= 11 is 6.34. The molecule has 0 radical (unpaired) electrons. The zero-order valence-electron chi connectivity index (χ0n) is 22.2. The first-order valence-corrected chi connectivity index (χ1v) is 13.9. The van der Waals surface area contributed by atoms with E-state index in [4.69, 9.17) is 11.6 Å². The number of carbonyl (C=O) groups excluding carboxylic acids is 2. The van der Waals surface area contributed by atoms with Crippen LogP contribution < -0.4 is 15.5 Å². The van der Waals surface area contributed by atoms with Gasteiger partial charge in [-0.25, -0.2) is 9.59 Å². The van der Waals surface area contributed by atoms with Gasteiger partial charge in [-0.05, 0) is 64.3 Å². The smallest absolute Gasteiger partial charge is 0.406 e. The first kappa shape index (κ1) is 28.4. The van der Waals surface area contributed by atoms with Crippen LogP contribution in [0.2, 0.25) is 5.02 Å². The number of piperidine rings is 1. The van der Waals surface area contributed by atoms with Crippen molar-refractivity contribution in [3.63, 3.8) is 0 Å². The van der Waals surface area contributed by atoms with Gasteiger partial charge in [-0.15, -0.1) is 0 Å². The highest BCUT2D eigenvalue weighted by molar-refractivity contribution is 6.30. The molecule has 0 aromatic heterocycles. The fourth-order valence-electron chi connectivity index (χ4n) is 5.69. The number of hydrogen-bond acceptors (Lipinski definition) is 5. The van der Waals surface area contributed by atoms with E-state index in [-0.39, 0.29) is 18.1 Å². The fraction of sp³-hybridized carbons (Fsp3) is 0.704. The molecule has 8 nitrogen and oxygen atoms in total. The molecule has 1 unspecified atom stereocenters. The fourth-order valence-corrected chi connectivity index (χ4v) is 5.88. The van der Waals surface area contributed by atoms with E-state index in [0.717, 1.165) is 57.4 Å². The monoisotopic (exact) mass is 521 g/mol.